The molecule has 1 atom stereocenters. The largest absolute Gasteiger partial charge is 0.345 e. The summed E-state index contributed by atoms with van der Waals surface area (Å²) in [5, 5.41) is 13.4. The second-order valence-corrected chi connectivity index (χ2v) is 5.05. The first kappa shape index (κ1) is 15.2. The third kappa shape index (κ3) is 4.70. The van der Waals surface area contributed by atoms with Gasteiger partial charge in [-0.15, -0.1) is 0 Å². The molecule has 2 N–H and O–H groups in total. The smallest absolute Gasteiger partial charge is 0.248 e. The van der Waals surface area contributed by atoms with Gasteiger partial charge in [0, 0.05) is 19.0 Å². The molecular formula is C14H21N5O2. The van der Waals surface area contributed by atoms with Crippen molar-refractivity contribution in [3.63, 3.8) is 0 Å². The first-order valence-electron chi connectivity index (χ1n) is 7.28. The van der Waals surface area contributed by atoms with Gasteiger partial charge in [-0.05, 0) is 31.7 Å². The number of carbonyl (C=O) groups is 1. The van der Waals surface area contributed by atoms with Crippen LogP contribution in [0.5, 0.6) is 0 Å². The fourth-order valence-electron chi connectivity index (χ4n) is 2.01. The molecular weight excluding hydrogens is 270 g/mol. The topological polar surface area (TPSA) is 96.7 Å². The normalized spacial score (nSPS) is 12.3. The van der Waals surface area contributed by atoms with E-state index < -0.39 is 0 Å². The third-order valence-corrected chi connectivity index (χ3v) is 3.13. The summed E-state index contributed by atoms with van der Waals surface area (Å²) in [7, 11) is 0. The van der Waals surface area contributed by atoms with Crippen molar-refractivity contribution < 1.29 is 9.32 Å². The first-order chi connectivity index (χ1) is 10.2. The number of nitrogens with zero attached hydrogens (tertiary/aromatic N) is 3. The van der Waals surface area contributed by atoms with Crippen molar-refractivity contribution in [2.24, 2.45) is 0 Å². The highest BCUT2D eigenvalue weighted by molar-refractivity contribution is 5.76. The van der Waals surface area contributed by atoms with Crippen molar-refractivity contribution in [2.75, 3.05) is 0 Å². The average molecular weight is 291 g/mol. The van der Waals surface area contributed by atoms with Crippen LogP contribution in [0.3, 0.4) is 0 Å². The van der Waals surface area contributed by atoms with Crippen molar-refractivity contribution in [3.05, 3.63) is 29.7 Å². The summed E-state index contributed by atoms with van der Waals surface area (Å²) in [5.74, 6) is 1.14. The van der Waals surface area contributed by atoms with Gasteiger partial charge in [0.1, 0.15) is 6.04 Å². The number of amides is 1. The molecule has 0 aliphatic carbocycles. The average Bonchev–Trinajstić information content (AvgIpc) is 3.10. The lowest BCUT2D eigenvalue weighted by Gasteiger charge is -2.09. The highest BCUT2D eigenvalue weighted by Crippen LogP contribution is 2.11. The third-order valence-electron chi connectivity index (χ3n) is 3.13. The molecule has 0 aliphatic rings. The van der Waals surface area contributed by atoms with Crippen LogP contribution in [0.15, 0.2) is 16.9 Å². The van der Waals surface area contributed by atoms with E-state index in [-0.39, 0.29) is 11.9 Å². The van der Waals surface area contributed by atoms with E-state index in [2.05, 4.69) is 32.6 Å². The maximum absolute atomic E-state index is 11.9. The molecule has 0 saturated carbocycles. The van der Waals surface area contributed by atoms with Gasteiger partial charge in [0.05, 0.1) is 6.20 Å². The Labute approximate surface area is 123 Å². The molecule has 0 aromatic carbocycles. The quantitative estimate of drug-likeness (QED) is 0.774. The summed E-state index contributed by atoms with van der Waals surface area (Å²) in [6, 6.07) is -0.260. The van der Waals surface area contributed by atoms with Crippen LogP contribution in [-0.4, -0.2) is 26.2 Å². The molecule has 114 valence electrons. The van der Waals surface area contributed by atoms with Gasteiger partial charge in [-0.3, -0.25) is 9.89 Å². The Bertz CT molecular complexity index is 549. The van der Waals surface area contributed by atoms with Crippen molar-refractivity contribution in [2.45, 2.75) is 52.0 Å². The number of aromatic amines is 1. The molecule has 7 heteroatoms. The molecule has 0 fully saturated rings. The monoisotopic (exact) mass is 291 g/mol. The number of H-pyrrole nitrogens is 1. The number of aryl methyl sites for hydroxylation is 2. The number of rotatable bonds is 8. The number of aromatic nitrogens is 4. The van der Waals surface area contributed by atoms with Crippen LogP contribution in [0.4, 0.5) is 0 Å². The molecule has 0 aliphatic heterocycles. The van der Waals surface area contributed by atoms with Crippen molar-refractivity contribution >= 4 is 5.91 Å². The highest BCUT2D eigenvalue weighted by atomic mass is 16.5. The summed E-state index contributed by atoms with van der Waals surface area (Å²) in [5.41, 5.74) is 1.11. The lowest BCUT2D eigenvalue weighted by molar-refractivity contribution is -0.122. The zero-order chi connectivity index (χ0) is 15.1. The van der Waals surface area contributed by atoms with E-state index in [4.69, 9.17) is 4.52 Å². The number of carbonyl (C=O) groups excluding carboxylic acids is 1. The molecule has 0 spiro atoms. The molecule has 2 aromatic rings. The lowest BCUT2D eigenvalue weighted by atomic mass is 10.1. The lowest BCUT2D eigenvalue weighted by Crippen LogP contribution is -2.26. The van der Waals surface area contributed by atoms with Gasteiger partial charge in [-0.25, -0.2) is 0 Å². The number of nitrogens with one attached hydrogen (secondary N) is 2. The summed E-state index contributed by atoms with van der Waals surface area (Å²) in [6.07, 6.45) is 7.44. The Hall–Kier alpha value is -2.18. The molecule has 2 heterocycles. The second-order valence-electron chi connectivity index (χ2n) is 5.05. The molecule has 0 unspecified atom stereocenters. The summed E-state index contributed by atoms with van der Waals surface area (Å²) in [6.45, 7) is 3.90. The summed E-state index contributed by atoms with van der Waals surface area (Å²) < 4.78 is 5.16. The van der Waals surface area contributed by atoms with E-state index in [0.29, 0.717) is 18.1 Å². The number of hydrogen-bond donors (Lipinski definition) is 2. The van der Waals surface area contributed by atoms with Gasteiger partial charge < -0.3 is 9.84 Å². The van der Waals surface area contributed by atoms with Crippen LogP contribution in [0.25, 0.3) is 0 Å². The van der Waals surface area contributed by atoms with E-state index in [1.54, 1.807) is 6.20 Å². The van der Waals surface area contributed by atoms with Gasteiger partial charge in [0.15, 0.2) is 5.82 Å². The van der Waals surface area contributed by atoms with Crippen LogP contribution >= 0.6 is 0 Å². The van der Waals surface area contributed by atoms with Gasteiger partial charge >= 0.3 is 0 Å². The molecule has 0 radical (unpaired) electrons. The summed E-state index contributed by atoms with van der Waals surface area (Å²) >= 11 is 0. The fourth-order valence-corrected chi connectivity index (χ4v) is 2.01. The van der Waals surface area contributed by atoms with Crippen molar-refractivity contribution in [3.8, 4) is 0 Å². The molecule has 21 heavy (non-hydrogen) atoms. The van der Waals surface area contributed by atoms with Gasteiger partial charge in [-0.2, -0.15) is 10.1 Å². The molecule has 2 rings (SSSR count). The maximum atomic E-state index is 11.9. The SMILES string of the molecule is CCCc1noc([C@@H](C)NC(=O)CCCc2cn[nH]c2)n1. The predicted molar refractivity (Wildman–Crippen MR) is 76.4 cm³/mol. The van der Waals surface area contributed by atoms with Gasteiger partial charge in [0.25, 0.3) is 0 Å². The van der Waals surface area contributed by atoms with Gasteiger partial charge in [0.2, 0.25) is 11.8 Å². The van der Waals surface area contributed by atoms with Crippen LogP contribution in [0.1, 0.15) is 56.4 Å². The Morgan fingerprint density at radius 1 is 1.48 bits per heavy atom. The highest BCUT2D eigenvalue weighted by Gasteiger charge is 2.16. The Balaban J connectivity index is 1.73. The zero-order valence-corrected chi connectivity index (χ0v) is 12.4. The Kier molecular flexibility index (Phi) is 5.48. The first-order valence-corrected chi connectivity index (χ1v) is 7.28. The van der Waals surface area contributed by atoms with Crippen molar-refractivity contribution in [1.29, 1.82) is 0 Å². The van der Waals surface area contributed by atoms with E-state index in [9.17, 15) is 4.79 Å². The molecule has 2 aromatic heterocycles. The maximum Gasteiger partial charge on any atom is 0.248 e. The zero-order valence-electron chi connectivity index (χ0n) is 12.4. The standard InChI is InChI=1S/C14H21N5O2/c1-3-5-12-18-14(21-19-12)10(2)17-13(20)7-4-6-11-8-15-16-9-11/h8-10H,3-7H2,1-2H3,(H,15,16)(H,17,20)/t10-/m1/s1. The summed E-state index contributed by atoms with van der Waals surface area (Å²) in [4.78, 5) is 16.1. The molecule has 0 bridgehead atoms. The minimum Gasteiger partial charge on any atom is -0.345 e. The van der Waals surface area contributed by atoms with E-state index in [1.165, 1.54) is 0 Å². The van der Waals surface area contributed by atoms with Crippen LogP contribution < -0.4 is 5.32 Å². The minimum absolute atomic E-state index is 0.0127. The van der Waals surface area contributed by atoms with Crippen LogP contribution in [0, 0.1) is 0 Å². The number of hydrogen-bond acceptors (Lipinski definition) is 5. The van der Waals surface area contributed by atoms with Crippen molar-refractivity contribution in [1.82, 2.24) is 25.7 Å². The second kappa shape index (κ2) is 7.56. The predicted octanol–water partition coefficient (Wildman–Crippen LogP) is 1.95. The molecule has 7 nitrogen and oxygen atoms in total. The fraction of sp³-hybridized carbons (Fsp3) is 0.571. The van der Waals surface area contributed by atoms with Crippen LogP contribution in [0.2, 0.25) is 0 Å². The Morgan fingerprint density at radius 3 is 3.05 bits per heavy atom. The van der Waals surface area contributed by atoms with E-state index in [1.807, 2.05) is 13.1 Å². The van der Waals surface area contributed by atoms with E-state index in [0.717, 1.165) is 31.2 Å². The van der Waals surface area contributed by atoms with Crippen LogP contribution in [-0.2, 0) is 17.6 Å². The molecule has 0 saturated heterocycles. The minimum atomic E-state index is -0.260. The molecule has 1 amide bonds. The van der Waals surface area contributed by atoms with Gasteiger partial charge in [-0.1, -0.05) is 12.1 Å². The Morgan fingerprint density at radius 2 is 2.33 bits per heavy atom. The van der Waals surface area contributed by atoms with E-state index >= 15 is 0 Å².